The molecule has 0 bridgehead atoms. The molecule has 2 aromatic carbocycles. The van der Waals surface area contributed by atoms with Gasteiger partial charge in [-0.25, -0.2) is 0 Å². The van der Waals surface area contributed by atoms with E-state index in [0.29, 0.717) is 0 Å². The fourth-order valence-electron chi connectivity index (χ4n) is 1.52. The van der Waals surface area contributed by atoms with Crippen LogP contribution in [0.15, 0.2) is 34.1 Å². The van der Waals surface area contributed by atoms with E-state index in [-0.39, 0.29) is 34.9 Å². The molecule has 0 nitrogen and oxygen atoms in total. The van der Waals surface area contributed by atoms with Crippen molar-refractivity contribution in [3.63, 3.8) is 0 Å². The fourth-order valence-corrected chi connectivity index (χ4v) is 5.66. The third kappa shape index (κ3) is 4.32. The molecule has 0 spiro atoms. The Kier molecular flexibility index (Phi) is 6.62. The Labute approximate surface area is 163 Å². The summed E-state index contributed by atoms with van der Waals surface area (Å²) in [4.78, 5) is 0.258. The minimum Gasteiger partial charge on any atom is -0.166 e. The molecule has 0 N–H and O–H groups in total. The highest BCUT2D eigenvalue weighted by Gasteiger charge is 2.33. The Hall–Kier alpha value is 0.380. The van der Waals surface area contributed by atoms with Crippen molar-refractivity contribution < 1.29 is 13.2 Å². The maximum absolute atomic E-state index is 13.0. The molecule has 0 radical (unpaired) electrons. The highest BCUT2D eigenvalue weighted by Crippen LogP contribution is 2.53. The van der Waals surface area contributed by atoms with Crippen LogP contribution in [0.4, 0.5) is 13.2 Å². The van der Waals surface area contributed by atoms with Gasteiger partial charge in [0.05, 0.1) is 35.6 Å². The molecule has 0 amide bonds. The normalized spacial score (nSPS) is 11.8. The summed E-state index contributed by atoms with van der Waals surface area (Å²) in [5.41, 5.74) is -0.754. The molecule has 0 atom stereocenters. The van der Waals surface area contributed by atoms with Gasteiger partial charge in [0.15, 0.2) is 0 Å². The average Bonchev–Trinajstić information content (AvgIpc) is 2.50. The molecular weight excluding hydrogens is 455 g/mol. The molecule has 23 heavy (non-hydrogen) atoms. The Balaban J connectivity index is 2.37. The number of hydrogen-bond donors (Lipinski definition) is 0. The highest BCUT2D eigenvalue weighted by atomic mass is 35.5. The van der Waals surface area contributed by atoms with E-state index in [9.17, 15) is 13.2 Å². The molecule has 10 heteroatoms. The van der Waals surface area contributed by atoms with Crippen LogP contribution in [0, 0.1) is 0 Å². The molecule has 2 aromatic rings. The molecular formula is C13H4Cl5F3S2. The van der Waals surface area contributed by atoms with Crippen molar-refractivity contribution in [1.82, 2.24) is 0 Å². The molecule has 0 fully saturated rings. The molecule has 0 aliphatic heterocycles. The zero-order chi connectivity index (χ0) is 17.4. The fraction of sp³-hybridized carbons (Fsp3) is 0.0769. The zero-order valence-corrected chi connectivity index (χ0v) is 16.1. The SMILES string of the molecule is FC(F)(F)c1ccccc1SSc1c(Cl)c(Cl)c(Cl)c(Cl)c1Cl. The molecule has 0 saturated carbocycles. The van der Waals surface area contributed by atoms with E-state index >= 15 is 0 Å². The second kappa shape index (κ2) is 7.73. The van der Waals surface area contributed by atoms with Gasteiger partial charge in [0.2, 0.25) is 0 Å². The smallest absolute Gasteiger partial charge is 0.166 e. The molecule has 0 aromatic heterocycles. The lowest BCUT2D eigenvalue weighted by molar-refractivity contribution is -0.139. The number of halogens is 8. The zero-order valence-electron chi connectivity index (χ0n) is 10.6. The summed E-state index contributed by atoms with van der Waals surface area (Å²) in [6, 6.07) is 5.16. The van der Waals surface area contributed by atoms with Crippen molar-refractivity contribution in [3.8, 4) is 0 Å². The molecule has 0 aliphatic carbocycles. The number of rotatable bonds is 3. The van der Waals surface area contributed by atoms with Crippen LogP contribution in [-0.4, -0.2) is 0 Å². The van der Waals surface area contributed by atoms with E-state index in [1.54, 1.807) is 0 Å². The minimum absolute atomic E-state index is 0.00469. The summed E-state index contributed by atoms with van der Waals surface area (Å²) < 4.78 is 38.9. The largest absolute Gasteiger partial charge is 0.417 e. The van der Waals surface area contributed by atoms with Gasteiger partial charge < -0.3 is 0 Å². The van der Waals surface area contributed by atoms with E-state index in [1.165, 1.54) is 18.2 Å². The summed E-state index contributed by atoms with van der Waals surface area (Å²) in [7, 11) is 1.77. The Morgan fingerprint density at radius 2 is 1.17 bits per heavy atom. The van der Waals surface area contributed by atoms with E-state index in [4.69, 9.17) is 58.0 Å². The highest BCUT2D eigenvalue weighted by molar-refractivity contribution is 8.76. The lowest BCUT2D eigenvalue weighted by atomic mass is 10.2. The minimum atomic E-state index is -4.47. The van der Waals surface area contributed by atoms with Gasteiger partial charge in [-0.15, -0.1) is 0 Å². The summed E-state index contributed by atoms with van der Waals surface area (Å²) in [6.07, 6.45) is -4.47. The second-order valence-corrected chi connectivity index (χ2v) is 8.13. The molecule has 2 rings (SSSR count). The van der Waals surface area contributed by atoms with Crippen molar-refractivity contribution in [2.75, 3.05) is 0 Å². The number of benzene rings is 2. The van der Waals surface area contributed by atoms with Crippen molar-refractivity contribution in [1.29, 1.82) is 0 Å². The van der Waals surface area contributed by atoms with Gasteiger partial charge >= 0.3 is 6.18 Å². The van der Waals surface area contributed by atoms with Crippen LogP contribution in [0.25, 0.3) is 0 Å². The lowest BCUT2D eigenvalue weighted by Gasteiger charge is -2.14. The molecule has 0 unspecified atom stereocenters. The summed E-state index contributed by atoms with van der Waals surface area (Å²) in [6.45, 7) is 0. The van der Waals surface area contributed by atoms with Gasteiger partial charge in [-0.3, -0.25) is 0 Å². The van der Waals surface area contributed by atoms with Crippen molar-refractivity contribution >= 4 is 79.6 Å². The summed E-state index contributed by atoms with van der Waals surface area (Å²) >= 11 is 29.8. The summed E-state index contributed by atoms with van der Waals surface area (Å²) in [5, 5.41) is 0.0550. The third-order valence-electron chi connectivity index (χ3n) is 2.58. The maximum atomic E-state index is 13.0. The van der Waals surface area contributed by atoms with Gasteiger partial charge in [-0.05, 0) is 22.9 Å². The number of alkyl halides is 3. The lowest BCUT2D eigenvalue weighted by Crippen LogP contribution is -2.05. The third-order valence-corrected chi connectivity index (χ3v) is 7.56. The van der Waals surface area contributed by atoms with Crippen LogP contribution in [-0.2, 0) is 6.18 Å². The monoisotopic (exact) mass is 456 g/mol. The summed E-state index contributed by atoms with van der Waals surface area (Å²) in [5.74, 6) is 0. The standard InChI is InChI=1S/C13H4Cl5F3S2/c14-7-8(15)10(17)12(11(18)9(7)16)23-22-6-4-2-1-3-5(6)13(19,20)21/h1-4H. The first-order valence-electron chi connectivity index (χ1n) is 5.66. The predicted molar refractivity (Wildman–Crippen MR) is 94.7 cm³/mol. The molecule has 0 aliphatic rings. The van der Waals surface area contributed by atoms with E-state index in [2.05, 4.69) is 0 Å². The maximum Gasteiger partial charge on any atom is 0.417 e. The van der Waals surface area contributed by atoms with Crippen molar-refractivity contribution in [3.05, 3.63) is 54.9 Å². The first-order chi connectivity index (χ1) is 10.6. The van der Waals surface area contributed by atoms with Crippen molar-refractivity contribution in [2.24, 2.45) is 0 Å². The van der Waals surface area contributed by atoms with Crippen LogP contribution in [0.1, 0.15) is 5.56 Å². The first-order valence-corrected chi connectivity index (χ1v) is 9.70. The quantitative estimate of drug-likeness (QED) is 0.256. The average molecular weight is 459 g/mol. The van der Waals surface area contributed by atoms with E-state index in [0.717, 1.165) is 27.7 Å². The number of hydrogen-bond acceptors (Lipinski definition) is 2. The Morgan fingerprint density at radius 3 is 1.70 bits per heavy atom. The second-order valence-electron chi connectivity index (χ2n) is 4.06. The van der Waals surface area contributed by atoms with Gasteiger partial charge in [0.1, 0.15) is 0 Å². The van der Waals surface area contributed by atoms with Crippen LogP contribution >= 0.6 is 79.6 Å². The van der Waals surface area contributed by atoms with E-state index < -0.39 is 11.7 Å². The Morgan fingerprint density at radius 1 is 0.696 bits per heavy atom. The predicted octanol–water partition coefficient (Wildman–Crippen LogP) is 8.77. The van der Waals surface area contributed by atoms with Crippen LogP contribution in [0.2, 0.25) is 25.1 Å². The topological polar surface area (TPSA) is 0 Å². The van der Waals surface area contributed by atoms with E-state index in [1.807, 2.05) is 0 Å². The van der Waals surface area contributed by atoms with Crippen LogP contribution < -0.4 is 0 Å². The molecule has 0 saturated heterocycles. The van der Waals surface area contributed by atoms with Crippen LogP contribution in [0.5, 0.6) is 0 Å². The van der Waals surface area contributed by atoms with Gasteiger partial charge in [0, 0.05) is 4.90 Å². The molecule has 124 valence electrons. The molecule has 0 heterocycles. The Bertz CT molecular complexity index is 720. The van der Waals surface area contributed by atoms with Crippen LogP contribution in [0.3, 0.4) is 0 Å². The first kappa shape index (κ1) is 19.7. The van der Waals surface area contributed by atoms with Gasteiger partial charge in [-0.2, -0.15) is 13.2 Å². The van der Waals surface area contributed by atoms with Gasteiger partial charge in [0.25, 0.3) is 0 Å². The van der Waals surface area contributed by atoms with Crippen molar-refractivity contribution in [2.45, 2.75) is 16.0 Å². The van der Waals surface area contributed by atoms with Gasteiger partial charge in [-0.1, -0.05) is 80.9 Å².